The predicted octanol–water partition coefficient (Wildman–Crippen LogP) is 13.1. The number of aromatic nitrogens is 2. The molecule has 8 aromatic rings. The monoisotopic (exact) mass is 912 g/mol. The molecule has 0 unspecified atom stereocenters. The molecule has 3 heterocycles. The Kier molecular flexibility index (Phi) is 9.95. The van der Waals surface area contributed by atoms with Crippen LogP contribution in [0.4, 0.5) is 22.7 Å². The first-order valence-electron chi connectivity index (χ1n) is 19.2. The van der Waals surface area contributed by atoms with Crippen LogP contribution in [0.5, 0.6) is 0 Å². The molecular formula is C50H45N4OPt-. The number of benzene rings is 6. The van der Waals surface area contributed by atoms with E-state index in [0.717, 1.165) is 56.1 Å². The van der Waals surface area contributed by atoms with Gasteiger partial charge < -0.3 is 4.57 Å². The summed E-state index contributed by atoms with van der Waals surface area (Å²) in [5.41, 5.74) is 13.0. The van der Waals surface area contributed by atoms with E-state index in [1.807, 2.05) is 34.5 Å². The van der Waals surface area contributed by atoms with Crippen molar-refractivity contribution in [2.45, 2.75) is 58.8 Å². The second kappa shape index (κ2) is 14.9. The third-order valence-corrected chi connectivity index (χ3v) is 11.1. The maximum atomic E-state index is 5.08. The van der Waals surface area contributed by atoms with Crippen molar-refractivity contribution in [1.82, 2.24) is 9.55 Å². The van der Waals surface area contributed by atoms with Crippen molar-refractivity contribution in [2.24, 2.45) is 0 Å². The molecule has 1 aliphatic heterocycles. The van der Waals surface area contributed by atoms with Crippen molar-refractivity contribution in [2.75, 3.05) is 10.1 Å². The van der Waals surface area contributed by atoms with Crippen LogP contribution in [0.2, 0.25) is 0 Å². The van der Waals surface area contributed by atoms with Gasteiger partial charge in [-0.2, -0.15) is 46.4 Å². The van der Waals surface area contributed by atoms with E-state index < -0.39 is 5.41 Å². The Balaban J connectivity index is 0.00000441. The fourth-order valence-corrected chi connectivity index (χ4v) is 8.11. The smallest absolute Gasteiger partial charge is 0.148 e. The number of fused-ring (bicyclic) bond motifs is 4. The van der Waals surface area contributed by atoms with Gasteiger partial charge in [-0.05, 0) is 87.4 Å². The molecule has 282 valence electrons. The number of hydrogen-bond donors (Lipinski definition) is 0. The first kappa shape index (κ1) is 37.4. The molecule has 0 radical (unpaired) electrons. The summed E-state index contributed by atoms with van der Waals surface area (Å²) in [4.78, 5) is 10.1. The topological polar surface area (TPSA) is 37.1 Å². The zero-order valence-electron chi connectivity index (χ0n) is 32.6. The summed E-state index contributed by atoms with van der Waals surface area (Å²) in [6, 6.07) is 57.0. The summed E-state index contributed by atoms with van der Waals surface area (Å²) in [5, 5.41) is 6.32. The van der Waals surface area contributed by atoms with Gasteiger partial charge in [-0.3, -0.25) is 0 Å². The van der Waals surface area contributed by atoms with Gasteiger partial charge >= 0.3 is 0 Å². The van der Waals surface area contributed by atoms with E-state index in [2.05, 4.69) is 180 Å². The van der Waals surface area contributed by atoms with Crippen molar-refractivity contribution in [3.8, 4) is 16.9 Å². The number of rotatable bonds is 8. The minimum absolute atomic E-state index is 0. The molecule has 0 bridgehead atoms. The average molecular weight is 913 g/mol. The molecule has 1 N–H and O–H groups in total. The summed E-state index contributed by atoms with van der Waals surface area (Å²) in [7, 11) is 0. The second-order valence-corrected chi connectivity index (χ2v) is 15.6. The second-order valence-electron chi connectivity index (χ2n) is 15.6. The molecule has 0 aliphatic carbocycles. The van der Waals surface area contributed by atoms with Gasteiger partial charge in [0.15, 0.2) is 0 Å². The van der Waals surface area contributed by atoms with Gasteiger partial charge in [-0.15, -0.1) is 22.6 Å². The van der Waals surface area contributed by atoms with Gasteiger partial charge in [0.05, 0.1) is 0 Å². The summed E-state index contributed by atoms with van der Waals surface area (Å²) in [5.74, 6) is 1.67. The maximum Gasteiger partial charge on any atom is 0.148 e. The molecule has 0 amide bonds. The van der Waals surface area contributed by atoms with Crippen molar-refractivity contribution < 1.29 is 26.0 Å². The number of anilines is 4. The SMILES string of the molecule is CC(C)c1cccc(C(C)C)c1-c1ccnc(-n2c3[c-]c(C(C)(C)c4[c-]c(N5[OH+]N(c6ccccc6)c6ccccc65)ccc4)ccc3c3ccccc32)c1.[Pt]. The van der Waals surface area contributed by atoms with Crippen molar-refractivity contribution in [3.05, 3.63) is 180 Å². The van der Waals surface area contributed by atoms with E-state index in [9.17, 15) is 0 Å². The molecule has 5 nitrogen and oxygen atoms in total. The molecule has 2 aromatic heterocycles. The van der Waals surface area contributed by atoms with Crippen LogP contribution in [0, 0.1) is 12.1 Å². The average Bonchev–Trinajstić information content (AvgIpc) is 3.77. The van der Waals surface area contributed by atoms with Gasteiger partial charge in [0.1, 0.15) is 22.9 Å². The Bertz CT molecular complexity index is 2670. The minimum Gasteiger partial charge on any atom is -0.319 e. The minimum atomic E-state index is -0.429. The molecule has 6 heteroatoms. The number of hydrogen-bond acceptors (Lipinski definition) is 3. The van der Waals surface area contributed by atoms with Crippen LogP contribution in [0.3, 0.4) is 0 Å². The van der Waals surface area contributed by atoms with Crippen molar-refractivity contribution in [3.63, 3.8) is 0 Å². The molecule has 6 aromatic carbocycles. The van der Waals surface area contributed by atoms with Crippen LogP contribution in [-0.2, 0) is 26.5 Å². The molecule has 9 rings (SSSR count). The number of para-hydroxylation sites is 4. The molecule has 1 aliphatic rings. The van der Waals surface area contributed by atoms with Crippen LogP contribution in [0.25, 0.3) is 38.8 Å². The first-order valence-corrected chi connectivity index (χ1v) is 19.2. The normalized spacial score (nSPS) is 12.9. The molecular weight excluding hydrogens is 868 g/mol. The molecule has 0 spiro atoms. The summed E-state index contributed by atoms with van der Waals surface area (Å²) >= 11 is 0. The molecule has 0 fully saturated rings. The van der Waals surface area contributed by atoms with E-state index in [1.54, 1.807) is 0 Å². The fraction of sp³-hybridized carbons (Fsp3) is 0.180. The van der Waals surface area contributed by atoms with Crippen LogP contribution >= 0.6 is 0 Å². The van der Waals surface area contributed by atoms with Crippen LogP contribution in [0.1, 0.15) is 75.6 Å². The summed E-state index contributed by atoms with van der Waals surface area (Å²) < 4.78 is 2.29. The van der Waals surface area contributed by atoms with Gasteiger partial charge in [0, 0.05) is 38.5 Å². The van der Waals surface area contributed by atoms with Gasteiger partial charge in [-0.25, -0.2) is 4.98 Å². The standard InChI is InChI=1S/C50H44N4O.Pt/c1-33(2)40-21-15-22-41(34(3)4)49(40)35-28-29-51-48(30-35)52-44-23-11-10-20-42(44)43-27-26-37(32-47(43)52)50(5,6)36-16-14-19-39(31-36)54-46-25-13-12-24-45(46)53(55-54)38-17-8-7-9-18-38;/h7-30,33-34H,1-6H3;/q-2;/p+1. The van der Waals surface area contributed by atoms with Gasteiger partial charge in [0.25, 0.3) is 0 Å². The zero-order chi connectivity index (χ0) is 37.8. The van der Waals surface area contributed by atoms with Crippen LogP contribution in [0.15, 0.2) is 146 Å². The Labute approximate surface area is 344 Å². The van der Waals surface area contributed by atoms with Crippen LogP contribution in [-0.4, -0.2) is 14.5 Å². The zero-order valence-corrected chi connectivity index (χ0v) is 34.8. The molecule has 56 heavy (non-hydrogen) atoms. The molecule has 0 saturated heterocycles. The Morgan fingerprint density at radius 1 is 0.607 bits per heavy atom. The van der Waals surface area contributed by atoms with Crippen LogP contribution < -0.4 is 10.1 Å². The first-order chi connectivity index (χ1) is 26.7. The van der Waals surface area contributed by atoms with E-state index in [1.165, 1.54) is 27.6 Å². The quantitative estimate of drug-likeness (QED) is 0.113. The maximum absolute atomic E-state index is 5.08. The van der Waals surface area contributed by atoms with E-state index in [4.69, 9.17) is 9.92 Å². The van der Waals surface area contributed by atoms with E-state index >= 15 is 0 Å². The summed E-state index contributed by atoms with van der Waals surface area (Å²) in [6.07, 6.45) is 1.96. The molecule has 0 saturated carbocycles. The van der Waals surface area contributed by atoms with Crippen molar-refractivity contribution >= 4 is 44.6 Å². The Morgan fingerprint density at radius 2 is 1.25 bits per heavy atom. The third-order valence-electron chi connectivity index (χ3n) is 11.1. The fourth-order valence-electron chi connectivity index (χ4n) is 8.11. The molecule has 0 atom stereocenters. The number of pyridine rings is 1. The summed E-state index contributed by atoms with van der Waals surface area (Å²) in [6.45, 7) is 13.6. The van der Waals surface area contributed by atoms with Crippen molar-refractivity contribution in [1.29, 1.82) is 0 Å². The van der Waals surface area contributed by atoms with E-state index in [-0.39, 0.29) is 21.1 Å². The number of nitrogens with zero attached hydrogens (tertiary/aromatic N) is 4. The Hall–Kier alpha value is -5.48. The van der Waals surface area contributed by atoms with E-state index in [0.29, 0.717) is 11.8 Å². The predicted molar refractivity (Wildman–Crippen MR) is 227 cm³/mol. The third kappa shape index (κ3) is 6.33. The van der Waals surface area contributed by atoms with Gasteiger partial charge in [0.2, 0.25) is 0 Å². The largest absolute Gasteiger partial charge is 0.319 e. The Morgan fingerprint density at radius 3 is 1.98 bits per heavy atom. The van der Waals surface area contributed by atoms with Gasteiger partial charge in [-0.1, -0.05) is 119 Å².